The predicted octanol–water partition coefficient (Wildman–Crippen LogP) is 6.20. The summed E-state index contributed by atoms with van der Waals surface area (Å²) < 4.78 is 5.85. The molecule has 1 aliphatic heterocycles. The Morgan fingerprint density at radius 3 is 2.22 bits per heavy atom. The summed E-state index contributed by atoms with van der Waals surface area (Å²) >= 11 is 0. The zero-order valence-corrected chi connectivity index (χ0v) is 18.6. The van der Waals surface area contributed by atoms with E-state index in [2.05, 4.69) is 52.5 Å². The Bertz CT molecular complexity index is 468. The third-order valence-electron chi connectivity index (χ3n) is 4.09. The smallest absolute Gasteiger partial charge is 0.142 e. The SMILES string of the molecule is C/C=C/C=O.C=C(C)C1CCC(C)OC1/C=C/C.CC(C)=CCCC(C)O. The summed E-state index contributed by atoms with van der Waals surface area (Å²) in [7, 11) is 0. The molecule has 0 aliphatic carbocycles. The maximum absolute atomic E-state index is 9.32. The highest BCUT2D eigenvalue weighted by Gasteiger charge is 2.27. The van der Waals surface area contributed by atoms with Gasteiger partial charge in [0.1, 0.15) is 6.29 Å². The Morgan fingerprint density at radius 1 is 1.22 bits per heavy atom. The van der Waals surface area contributed by atoms with Gasteiger partial charge >= 0.3 is 0 Å². The third kappa shape index (κ3) is 17.7. The van der Waals surface area contributed by atoms with Crippen LogP contribution in [0.2, 0.25) is 0 Å². The minimum Gasteiger partial charge on any atom is -0.393 e. The van der Waals surface area contributed by atoms with Crippen LogP contribution in [0.15, 0.2) is 48.1 Å². The summed E-state index contributed by atoms with van der Waals surface area (Å²) in [5.74, 6) is 0.521. The number of hydrogen-bond acceptors (Lipinski definition) is 3. The number of allylic oxidation sites excluding steroid dienone is 5. The lowest BCUT2D eigenvalue weighted by atomic mass is 9.87. The molecule has 1 fully saturated rings. The van der Waals surface area contributed by atoms with Crippen LogP contribution in [0.4, 0.5) is 0 Å². The van der Waals surface area contributed by atoms with Crippen molar-refractivity contribution in [1.29, 1.82) is 0 Å². The molecule has 3 nitrogen and oxygen atoms in total. The van der Waals surface area contributed by atoms with Gasteiger partial charge in [-0.3, -0.25) is 4.79 Å². The van der Waals surface area contributed by atoms with E-state index in [1.54, 1.807) is 13.0 Å². The van der Waals surface area contributed by atoms with Crippen molar-refractivity contribution in [2.24, 2.45) is 5.92 Å². The topological polar surface area (TPSA) is 46.5 Å². The molecule has 0 bridgehead atoms. The van der Waals surface area contributed by atoms with Crippen molar-refractivity contribution in [3.8, 4) is 0 Å². The number of ether oxygens (including phenoxy) is 1. The molecule has 27 heavy (non-hydrogen) atoms. The lowest BCUT2D eigenvalue weighted by Gasteiger charge is -2.34. The second kappa shape index (κ2) is 17.9. The van der Waals surface area contributed by atoms with E-state index in [0.29, 0.717) is 12.0 Å². The van der Waals surface area contributed by atoms with E-state index in [1.165, 1.54) is 23.6 Å². The molecule has 4 atom stereocenters. The van der Waals surface area contributed by atoms with E-state index in [-0.39, 0.29) is 12.2 Å². The average Bonchev–Trinajstić information content (AvgIpc) is 2.56. The fourth-order valence-corrected chi connectivity index (χ4v) is 2.60. The first kappa shape index (κ1) is 27.8. The zero-order valence-electron chi connectivity index (χ0n) is 18.6. The molecule has 3 heteroatoms. The fraction of sp³-hybridized carbons (Fsp3) is 0.625. The highest BCUT2D eigenvalue weighted by Crippen LogP contribution is 2.30. The molecular formula is C24H42O3. The van der Waals surface area contributed by atoms with Crippen molar-refractivity contribution < 1.29 is 14.6 Å². The second-order valence-electron chi connectivity index (χ2n) is 7.34. The molecule has 0 radical (unpaired) electrons. The minimum absolute atomic E-state index is 0.152. The molecule has 0 aromatic rings. The van der Waals surface area contributed by atoms with Gasteiger partial charge in [-0.25, -0.2) is 0 Å². The van der Waals surface area contributed by atoms with Crippen molar-refractivity contribution in [2.45, 2.75) is 92.5 Å². The number of carbonyl (C=O) groups excluding carboxylic acids is 1. The molecule has 0 spiro atoms. The van der Waals surface area contributed by atoms with Gasteiger partial charge in [0.2, 0.25) is 0 Å². The van der Waals surface area contributed by atoms with E-state index in [4.69, 9.17) is 9.84 Å². The Morgan fingerprint density at radius 2 is 1.85 bits per heavy atom. The number of aliphatic hydroxyl groups excluding tert-OH is 1. The first-order valence-electron chi connectivity index (χ1n) is 10.0. The number of rotatable bonds is 6. The second-order valence-corrected chi connectivity index (χ2v) is 7.34. The highest BCUT2D eigenvalue weighted by molar-refractivity contribution is 5.64. The lowest BCUT2D eigenvalue weighted by molar-refractivity contribution is -0.104. The summed E-state index contributed by atoms with van der Waals surface area (Å²) in [6.45, 7) is 18.1. The van der Waals surface area contributed by atoms with Crippen LogP contribution in [0.5, 0.6) is 0 Å². The van der Waals surface area contributed by atoms with Crippen LogP contribution < -0.4 is 0 Å². The largest absolute Gasteiger partial charge is 0.393 e. The standard InChI is InChI=1S/C12H20O.C8H16O.C4H6O/c1-5-6-12-11(9(2)3)8-7-10(4)13-12;1-7(2)5-4-6-8(3)9;1-2-3-4-5/h5-6,10-12H,2,7-8H2,1,3-4H3;5,8-9H,4,6H2,1-3H3;2-4H,1H3/b6-5+;;3-2+. The fourth-order valence-electron chi connectivity index (χ4n) is 2.60. The molecule has 0 amide bonds. The van der Waals surface area contributed by atoms with Crippen LogP contribution in [0, 0.1) is 5.92 Å². The monoisotopic (exact) mass is 378 g/mol. The maximum atomic E-state index is 9.32. The van der Waals surface area contributed by atoms with Gasteiger partial charge in [0, 0.05) is 5.92 Å². The van der Waals surface area contributed by atoms with E-state index in [0.717, 1.165) is 25.5 Å². The number of aliphatic hydroxyl groups is 1. The molecule has 1 N–H and O–H groups in total. The van der Waals surface area contributed by atoms with Gasteiger partial charge in [-0.15, -0.1) is 0 Å². The molecule has 1 aliphatic rings. The predicted molar refractivity (Wildman–Crippen MR) is 118 cm³/mol. The van der Waals surface area contributed by atoms with Crippen LogP contribution in [0.25, 0.3) is 0 Å². The molecule has 1 saturated heterocycles. The average molecular weight is 379 g/mol. The van der Waals surface area contributed by atoms with Gasteiger partial charge in [0.05, 0.1) is 18.3 Å². The molecule has 0 aromatic carbocycles. The van der Waals surface area contributed by atoms with Crippen LogP contribution >= 0.6 is 0 Å². The van der Waals surface area contributed by atoms with E-state index < -0.39 is 0 Å². The molecule has 1 heterocycles. The van der Waals surface area contributed by atoms with Gasteiger partial charge < -0.3 is 9.84 Å². The number of carbonyl (C=O) groups is 1. The van der Waals surface area contributed by atoms with Gasteiger partial charge in [0.25, 0.3) is 0 Å². The van der Waals surface area contributed by atoms with Gasteiger partial charge in [-0.2, -0.15) is 0 Å². The lowest BCUT2D eigenvalue weighted by Crippen LogP contribution is -2.32. The van der Waals surface area contributed by atoms with Crippen molar-refractivity contribution in [1.82, 2.24) is 0 Å². The Balaban J connectivity index is 0. The Labute approximate surface area is 167 Å². The van der Waals surface area contributed by atoms with Crippen molar-refractivity contribution >= 4 is 6.29 Å². The van der Waals surface area contributed by atoms with E-state index in [1.807, 2.05) is 13.8 Å². The summed E-state index contributed by atoms with van der Waals surface area (Å²) in [6, 6.07) is 0. The molecule has 156 valence electrons. The van der Waals surface area contributed by atoms with Crippen LogP contribution in [-0.4, -0.2) is 29.7 Å². The van der Waals surface area contributed by atoms with Crippen molar-refractivity contribution in [3.63, 3.8) is 0 Å². The van der Waals surface area contributed by atoms with Crippen LogP contribution in [-0.2, 0) is 9.53 Å². The molecule has 1 rings (SSSR count). The number of aldehydes is 1. The van der Waals surface area contributed by atoms with Gasteiger partial charge in [-0.1, -0.05) is 42.0 Å². The van der Waals surface area contributed by atoms with E-state index in [9.17, 15) is 4.79 Å². The third-order valence-corrected chi connectivity index (χ3v) is 4.09. The normalized spacial score (nSPS) is 22.9. The summed E-state index contributed by atoms with van der Waals surface area (Å²) in [5, 5.41) is 8.84. The quantitative estimate of drug-likeness (QED) is 0.340. The van der Waals surface area contributed by atoms with Gasteiger partial charge in [0.15, 0.2) is 0 Å². The maximum Gasteiger partial charge on any atom is 0.142 e. The van der Waals surface area contributed by atoms with Crippen molar-refractivity contribution in [2.75, 3.05) is 0 Å². The Kier molecular flexibility index (Phi) is 18.4. The van der Waals surface area contributed by atoms with E-state index >= 15 is 0 Å². The number of hydrogen-bond donors (Lipinski definition) is 1. The van der Waals surface area contributed by atoms with Crippen molar-refractivity contribution in [3.05, 3.63) is 48.1 Å². The van der Waals surface area contributed by atoms with Crippen LogP contribution in [0.1, 0.15) is 74.1 Å². The summed E-state index contributed by atoms with van der Waals surface area (Å²) in [5.41, 5.74) is 2.57. The molecular weight excluding hydrogens is 336 g/mol. The first-order valence-corrected chi connectivity index (χ1v) is 10.0. The highest BCUT2D eigenvalue weighted by atomic mass is 16.5. The first-order chi connectivity index (χ1) is 12.7. The zero-order chi connectivity index (χ0) is 21.2. The molecule has 0 saturated carbocycles. The van der Waals surface area contributed by atoms with Crippen LogP contribution in [0.3, 0.4) is 0 Å². The molecule has 0 aromatic heterocycles. The summed E-state index contributed by atoms with van der Waals surface area (Å²) in [4.78, 5) is 9.32. The molecule has 4 unspecified atom stereocenters. The summed E-state index contributed by atoms with van der Waals surface area (Å²) in [6.07, 6.45) is 15.0. The minimum atomic E-state index is -0.152. The Hall–Kier alpha value is -1.45. The van der Waals surface area contributed by atoms with Gasteiger partial charge in [-0.05, 0) is 80.2 Å².